The number of fused-ring (bicyclic) bond motifs is 1. The highest BCUT2D eigenvalue weighted by Crippen LogP contribution is 2.21. The van der Waals surface area contributed by atoms with Gasteiger partial charge in [0.05, 0.1) is 12.9 Å². The predicted molar refractivity (Wildman–Crippen MR) is 100 cm³/mol. The number of anilines is 2. The maximum Gasteiger partial charge on any atom is 0.238 e. The van der Waals surface area contributed by atoms with Crippen LogP contribution in [0.15, 0.2) is 36.9 Å². The van der Waals surface area contributed by atoms with E-state index in [2.05, 4.69) is 35.1 Å². The van der Waals surface area contributed by atoms with Crippen molar-refractivity contribution in [2.24, 2.45) is 0 Å². The lowest BCUT2D eigenvalue weighted by atomic mass is 10.3. The number of halogens is 1. The van der Waals surface area contributed by atoms with Crippen LogP contribution < -0.4 is 10.2 Å². The topological polar surface area (TPSA) is 90.0 Å². The Morgan fingerprint density at radius 2 is 1.88 bits per heavy atom. The standard InChI is InChI=1S/C17H18ClN7O/c18-12-1-3-13(4-2-12)23-14(26)9-24-5-7-25(8-6-24)17-15-16(20-10-19-15)21-11-22-17/h1-4,10-11H,5-9H2,(H,23,26)(H,19,20,21,22). The number of rotatable bonds is 4. The molecule has 26 heavy (non-hydrogen) atoms. The summed E-state index contributed by atoms with van der Waals surface area (Å²) in [6, 6.07) is 7.10. The number of benzene rings is 1. The molecule has 3 aromatic rings. The van der Waals surface area contributed by atoms with Gasteiger partial charge in [-0.3, -0.25) is 9.69 Å². The van der Waals surface area contributed by atoms with Gasteiger partial charge in [-0.05, 0) is 24.3 Å². The smallest absolute Gasteiger partial charge is 0.238 e. The average molecular weight is 372 g/mol. The molecular formula is C17H18ClN7O. The molecule has 0 unspecified atom stereocenters. The number of hydrogen-bond donors (Lipinski definition) is 2. The van der Waals surface area contributed by atoms with Crippen molar-refractivity contribution in [2.75, 3.05) is 42.9 Å². The monoisotopic (exact) mass is 371 g/mol. The molecule has 3 heterocycles. The molecule has 0 saturated carbocycles. The van der Waals surface area contributed by atoms with Gasteiger partial charge in [-0.15, -0.1) is 0 Å². The van der Waals surface area contributed by atoms with Gasteiger partial charge < -0.3 is 15.2 Å². The summed E-state index contributed by atoms with van der Waals surface area (Å²) in [5, 5.41) is 3.54. The van der Waals surface area contributed by atoms with Gasteiger partial charge in [-0.2, -0.15) is 0 Å². The number of piperazine rings is 1. The summed E-state index contributed by atoms with van der Waals surface area (Å²) in [6.07, 6.45) is 3.16. The lowest BCUT2D eigenvalue weighted by Crippen LogP contribution is -2.49. The maximum absolute atomic E-state index is 12.2. The fourth-order valence-corrected chi connectivity index (χ4v) is 3.17. The highest BCUT2D eigenvalue weighted by molar-refractivity contribution is 6.30. The lowest BCUT2D eigenvalue weighted by Gasteiger charge is -2.34. The van der Waals surface area contributed by atoms with Crippen LogP contribution in [-0.2, 0) is 4.79 Å². The van der Waals surface area contributed by atoms with Crippen molar-refractivity contribution in [1.82, 2.24) is 24.8 Å². The Bertz CT molecular complexity index is 903. The van der Waals surface area contributed by atoms with E-state index in [1.54, 1.807) is 30.6 Å². The summed E-state index contributed by atoms with van der Waals surface area (Å²) in [5.41, 5.74) is 2.27. The third-order valence-corrected chi connectivity index (χ3v) is 4.62. The highest BCUT2D eigenvalue weighted by atomic mass is 35.5. The van der Waals surface area contributed by atoms with Gasteiger partial charge in [-0.25, -0.2) is 15.0 Å². The van der Waals surface area contributed by atoms with Crippen LogP contribution in [0.5, 0.6) is 0 Å². The molecule has 1 aliphatic rings. The molecule has 2 N–H and O–H groups in total. The van der Waals surface area contributed by atoms with Gasteiger partial charge >= 0.3 is 0 Å². The van der Waals surface area contributed by atoms with E-state index in [-0.39, 0.29) is 5.91 Å². The van der Waals surface area contributed by atoms with E-state index >= 15 is 0 Å². The number of carbonyl (C=O) groups is 1. The van der Waals surface area contributed by atoms with E-state index < -0.39 is 0 Å². The Kier molecular flexibility index (Phi) is 4.68. The van der Waals surface area contributed by atoms with Crippen LogP contribution in [0, 0.1) is 0 Å². The number of amides is 1. The normalized spacial score (nSPS) is 15.3. The fraction of sp³-hybridized carbons (Fsp3) is 0.294. The first-order valence-electron chi connectivity index (χ1n) is 8.36. The number of nitrogens with zero attached hydrogens (tertiary/aromatic N) is 5. The first kappa shape index (κ1) is 16.7. The first-order chi connectivity index (χ1) is 12.7. The van der Waals surface area contributed by atoms with E-state index in [0.29, 0.717) is 17.2 Å². The van der Waals surface area contributed by atoms with Gasteiger partial charge in [0.2, 0.25) is 5.91 Å². The number of imidazole rings is 1. The third-order valence-electron chi connectivity index (χ3n) is 4.37. The minimum Gasteiger partial charge on any atom is -0.352 e. The molecule has 1 aliphatic heterocycles. The number of nitrogens with one attached hydrogen (secondary N) is 2. The van der Waals surface area contributed by atoms with E-state index in [0.717, 1.165) is 43.2 Å². The number of aromatic amines is 1. The zero-order valence-corrected chi connectivity index (χ0v) is 14.8. The molecule has 4 rings (SSSR count). The van der Waals surface area contributed by atoms with Crippen LogP contribution in [-0.4, -0.2) is 63.5 Å². The molecule has 0 bridgehead atoms. The molecule has 0 radical (unpaired) electrons. The Labute approximate surface area is 155 Å². The average Bonchev–Trinajstić information content (AvgIpc) is 3.13. The van der Waals surface area contributed by atoms with Gasteiger partial charge in [-0.1, -0.05) is 11.6 Å². The summed E-state index contributed by atoms with van der Waals surface area (Å²) < 4.78 is 0. The second-order valence-corrected chi connectivity index (χ2v) is 6.55. The van der Waals surface area contributed by atoms with Crippen LogP contribution in [0.25, 0.3) is 11.2 Å². The van der Waals surface area contributed by atoms with Crippen molar-refractivity contribution in [3.8, 4) is 0 Å². The van der Waals surface area contributed by atoms with E-state index in [1.807, 2.05) is 0 Å². The third kappa shape index (κ3) is 3.61. The Morgan fingerprint density at radius 1 is 1.12 bits per heavy atom. The van der Waals surface area contributed by atoms with Crippen molar-refractivity contribution >= 4 is 40.2 Å². The molecule has 1 amide bonds. The zero-order chi connectivity index (χ0) is 17.9. The maximum atomic E-state index is 12.2. The Hall–Kier alpha value is -2.71. The SMILES string of the molecule is O=C(CN1CCN(c2ncnc3nc[nH]c23)CC1)Nc1ccc(Cl)cc1. The number of hydrogen-bond acceptors (Lipinski definition) is 6. The minimum atomic E-state index is -0.0289. The van der Waals surface area contributed by atoms with Crippen LogP contribution in [0.1, 0.15) is 0 Å². The molecule has 1 aromatic carbocycles. The molecule has 0 aliphatic carbocycles. The zero-order valence-electron chi connectivity index (χ0n) is 14.0. The van der Waals surface area contributed by atoms with Crippen molar-refractivity contribution in [2.45, 2.75) is 0 Å². The minimum absolute atomic E-state index is 0.0289. The van der Waals surface area contributed by atoms with Crippen molar-refractivity contribution in [1.29, 1.82) is 0 Å². The first-order valence-corrected chi connectivity index (χ1v) is 8.73. The summed E-state index contributed by atoms with van der Waals surface area (Å²) in [5.74, 6) is 0.830. The molecule has 134 valence electrons. The molecular weight excluding hydrogens is 354 g/mol. The molecule has 0 spiro atoms. The number of aromatic nitrogens is 4. The molecule has 2 aromatic heterocycles. The number of H-pyrrole nitrogens is 1. The molecule has 9 heteroatoms. The van der Waals surface area contributed by atoms with Crippen LogP contribution in [0.4, 0.5) is 11.5 Å². The number of carbonyl (C=O) groups excluding carboxylic acids is 1. The van der Waals surface area contributed by atoms with E-state index in [4.69, 9.17) is 11.6 Å². The second-order valence-electron chi connectivity index (χ2n) is 6.12. The van der Waals surface area contributed by atoms with Crippen LogP contribution in [0.2, 0.25) is 5.02 Å². The lowest BCUT2D eigenvalue weighted by molar-refractivity contribution is -0.117. The van der Waals surface area contributed by atoms with E-state index in [1.165, 1.54) is 6.33 Å². The molecule has 1 fully saturated rings. The largest absolute Gasteiger partial charge is 0.352 e. The van der Waals surface area contributed by atoms with Crippen molar-refractivity contribution in [3.05, 3.63) is 41.9 Å². The van der Waals surface area contributed by atoms with Gasteiger partial charge in [0.25, 0.3) is 0 Å². The summed E-state index contributed by atoms with van der Waals surface area (Å²) in [6.45, 7) is 3.51. The summed E-state index contributed by atoms with van der Waals surface area (Å²) in [4.78, 5) is 32.3. The predicted octanol–water partition coefficient (Wildman–Crippen LogP) is 1.77. The highest BCUT2D eigenvalue weighted by Gasteiger charge is 2.22. The van der Waals surface area contributed by atoms with Crippen molar-refractivity contribution < 1.29 is 4.79 Å². The summed E-state index contributed by atoms with van der Waals surface area (Å²) >= 11 is 5.86. The Balaban J connectivity index is 1.33. The van der Waals surface area contributed by atoms with Gasteiger partial charge in [0.15, 0.2) is 11.5 Å². The molecule has 0 atom stereocenters. The molecule has 1 saturated heterocycles. The quantitative estimate of drug-likeness (QED) is 0.726. The van der Waals surface area contributed by atoms with Crippen molar-refractivity contribution in [3.63, 3.8) is 0 Å². The fourth-order valence-electron chi connectivity index (χ4n) is 3.05. The molecule has 8 nitrogen and oxygen atoms in total. The van der Waals surface area contributed by atoms with Gasteiger partial charge in [0.1, 0.15) is 11.8 Å². The van der Waals surface area contributed by atoms with Crippen LogP contribution in [0.3, 0.4) is 0 Å². The Morgan fingerprint density at radius 3 is 2.65 bits per heavy atom. The van der Waals surface area contributed by atoms with E-state index in [9.17, 15) is 4.79 Å². The second kappa shape index (κ2) is 7.27. The van der Waals surface area contributed by atoms with Gasteiger partial charge in [0, 0.05) is 36.9 Å². The van der Waals surface area contributed by atoms with Crippen LogP contribution >= 0.6 is 11.6 Å². The summed E-state index contributed by atoms with van der Waals surface area (Å²) in [7, 11) is 0.